The van der Waals surface area contributed by atoms with Crippen LogP contribution in [0, 0.1) is 10.1 Å². The Morgan fingerprint density at radius 2 is 2.28 bits per heavy atom. The van der Waals surface area contributed by atoms with E-state index in [1.807, 2.05) is 0 Å². The third-order valence-corrected chi connectivity index (χ3v) is 4.47. The second-order valence-corrected chi connectivity index (χ2v) is 6.03. The van der Waals surface area contributed by atoms with Gasteiger partial charge in [-0.1, -0.05) is 23.7 Å². The molecule has 0 amide bonds. The quantitative estimate of drug-likeness (QED) is 0.276. The number of thiocarbonyl (C=S) groups is 1. The number of nitrogens with zero attached hydrogens (tertiary/aromatic N) is 2. The summed E-state index contributed by atoms with van der Waals surface area (Å²) in [5, 5.41) is 14.6. The molecule has 7 nitrogen and oxygen atoms in total. The summed E-state index contributed by atoms with van der Waals surface area (Å²) < 4.78 is 4.88. The number of methoxy groups -OCH3 is 1. The molecule has 1 aliphatic heterocycles. The van der Waals surface area contributed by atoms with Crippen LogP contribution < -0.4 is 5.32 Å². The van der Waals surface area contributed by atoms with Crippen LogP contribution in [0.1, 0.15) is 18.5 Å². The Morgan fingerprint density at radius 3 is 2.84 bits per heavy atom. The molecule has 0 saturated heterocycles. The number of benzene rings is 1. The highest BCUT2D eigenvalue weighted by Crippen LogP contribution is 2.34. The van der Waals surface area contributed by atoms with Crippen molar-refractivity contribution in [2.45, 2.75) is 13.0 Å². The number of esters is 1. The summed E-state index contributed by atoms with van der Waals surface area (Å²) in [6.45, 7) is 5.82. The number of carbonyl (C=O) groups is 1. The molecule has 132 valence electrons. The van der Waals surface area contributed by atoms with E-state index in [0.717, 1.165) is 0 Å². The Hall–Kier alpha value is -2.45. The summed E-state index contributed by atoms with van der Waals surface area (Å²) in [7, 11) is 1.27. The summed E-state index contributed by atoms with van der Waals surface area (Å²) in [5.41, 5.74) is 1.14. The fraction of sp³-hybridized carbons (Fsp3) is 0.250. The molecule has 1 atom stereocenters. The largest absolute Gasteiger partial charge is 0.466 e. The maximum absolute atomic E-state index is 12.3. The zero-order chi connectivity index (χ0) is 18.7. The van der Waals surface area contributed by atoms with Gasteiger partial charge in [-0.25, -0.2) is 4.79 Å². The number of hydrogen-bond donors (Lipinski definition) is 1. The molecule has 0 aromatic heterocycles. The average molecular weight is 382 g/mol. The lowest BCUT2D eigenvalue weighted by Gasteiger charge is -2.36. The average Bonchev–Trinajstić information content (AvgIpc) is 2.57. The van der Waals surface area contributed by atoms with E-state index in [0.29, 0.717) is 28.5 Å². The zero-order valence-corrected chi connectivity index (χ0v) is 15.2. The standard InChI is InChI=1S/C16H16ClN3O4S/c1-4-7-19-9(2)13(15(21)24-3)14(18-16(19)25)10-5-6-11(17)12(8-10)20(22)23/h4-6,8,14H,1,7H2,2-3H3,(H,18,25)/t14-/m1/s1. The van der Waals surface area contributed by atoms with Crippen LogP contribution in [0.15, 0.2) is 42.1 Å². The van der Waals surface area contributed by atoms with Crippen molar-refractivity contribution in [2.75, 3.05) is 13.7 Å². The van der Waals surface area contributed by atoms with E-state index in [2.05, 4.69) is 11.9 Å². The van der Waals surface area contributed by atoms with Crippen molar-refractivity contribution in [1.82, 2.24) is 10.2 Å². The van der Waals surface area contributed by atoms with Gasteiger partial charge in [0.25, 0.3) is 5.69 Å². The lowest BCUT2D eigenvalue weighted by Crippen LogP contribution is -2.47. The molecule has 1 heterocycles. The van der Waals surface area contributed by atoms with Crippen LogP contribution in [0.5, 0.6) is 0 Å². The van der Waals surface area contributed by atoms with Crippen molar-refractivity contribution in [1.29, 1.82) is 0 Å². The van der Waals surface area contributed by atoms with Crippen LogP contribution in [0.2, 0.25) is 5.02 Å². The van der Waals surface area contributed by atoms with Gasteiger partial charge in [-0.05, 0) is 30.8 Å². The number of nitrogens with one attached hydrogen (secondary N) is 1. The third kappa shape index (κ3) is 3.64. The Balaban J connectivity index is 2.61. The first-order valence-corrected chi connectivity index (χ1v) is 8.02. The van der Waals surface area contributed by atoms with Crippen molar-refractivity contribution in [3.05, 3.63) is 62.8 Å². The van der Waals surface area contributed by atoms with Crippen molar-refractivity contribution in [3.63, 3.8) is 0 Å². The van der Waals surface area contributed by atoms with Gasteiger partial charge in [-0.2, -0.15) is 0 Å². The molecule has 25 heavy (non-hydrogen) atoms. The smallest absolute Gasteiger partial charge is 0.337 e. The first-order valence-electron chi connectivity index (χ1n) is 7.23. The molecule has 0 spiro atoms. The molecule has 1 aromatic rings. The molecule has 0 saturated carbocycles. The van der Waals surface area contributed by atoms with E-state index < -0.39 is 16.9 Å². The van der Waals surface area contributed by atoms with Gasteiger partial charge in [0, 0.05) is 18.3 Å². The second-order valence-electron chi connectivity index (χ2n) is 5.24. The lowest BCUT2D eigenvalue weighted by molar-refractivity contribution is -0.384. The van der Waals surface area contributed by atoms with Crippen molar-refractivity contribution in [2.24, 2.45) is 0 Å². The van der Waals surface area contributed by atoms with E-state index in [4.69, 9.17) is 28.6 Å². The van der Waals surface area contributed by atoms with Gasteiger partial charge in [0.05, 0.1) is 23.6 Å². The Morgan fingerprint density at radius 1 is 1.60 bits per heavy atom. The monoisotopic (exact) mass is 381 g/mol. The van der Waals surface area contributed by atoms with Crippen LogP contribution in [-0.4, -0.2) is 34.6 Å². The molecular formula is C16H16ClN3O4S. The summed E-state index contributed by atoms with van der Waals surface area (Å²) in [4.78, 5) is 24.6. The van der Waals surface area contributed by atoms with Gasteiger partial charge in [0.2, 0.25) is 0 Å². The predicted octanol–water partition coefficient (Wildman–Crippen LogP) is 3.11. The van der Waals surface area contributed by atoms with Gasteiger partial charge < -0.3 is 15.0 Å². The molecule has 1 aliphatic rings. The van der Waals surface area contributed by atoms with E-state index in [1.54, 1.807) is 24.0 Å². The number of nitro groups is 1. The van der Waals surface area contributed by atoms with Crippen LogP contribution in [0.25, 0.3) is 0 Å². The number of rotatable bonds is 5. The minimum atomic E-state index is -0.683. The molecule has 1 aromatic carbocycles. The molecular weight excluding hydrogens is 366 g/mol. The van der Waals surface area contributed by atoms with Crippen molar-refractivity contribution in [3.8, 4) is 0 Å². The second kappa shape index (κ2) is 7.62. The molecule has 2 rings (SSSR count). The summed E-state index contributed by atoms with van der Waals surface area (Å²) in [6, 6.07) is 3.66. The minimum absolute atomic E-state index is 0.0146. The minimum Gasteiger partial charge on any atom is -0.466 e. The molecule has 1 N–H and O–H groups in total. The highest BCUT2D eigenvalue weighted by atomic mass is 35.5. The van der Waals surface area contributed by atoms with Gasteiger partial charge in [-0.3, -0.25) is 10.1 Å². The summed E-state index contributed by atoms with van der Waals surface area (Å²) in [5.74, 6) is -0.552. The molecule has 0 radical (unpaired) electrons. The van der Waals surface area contributed by atoms with Crippen LogP contribution in [0.3, 0.4) is 0 Å². The number of carbonyl (C=O) groups excluding carboxylic acids is 1. The van der Waals surface area contributed by atoms with Crippen LogP contribution in [-0.2, 0) is 9.53 Å². The van der Waals surface area contributed by atoms with E-state index in [-0.39, 0.29) is 10.7 Å². The van der Waals surface area contributed by atoms with Crippen LogP contribution in [0.4, 0.5) is 5.69 Å². The van der Waals surface area contributed by atoms with Gasteiger partial charge in [0.1, 0.15) is 5.02 Å². The normalized spacial score (nSPS) is 17.2. The summed E-state index contributed by atoms with van der Waals surface area (Å²) >= 11 is 11.2. The predicted molar refractivity (Wildman–Crippen MR) is 98.2 cm³/mol. The highest BCUT2D eigenvalue weighted by molar-refractivity contribution is 7.80. The van der Waals surface area contributed by atoms with Crippen molar-refractivity contribution < 1.29 is 14.5 Å². The van der Waals surface area contributed by atoms with Crippen molar-refractivity contribution >= 4 is 40.6 Å². The molecule has 0 unspecified atom stereocenters. The Kier molecular flexibility index (Phi) is 5.76. The molecule has 9 heteroatoms. The first-order chi connectivity index (χ1) is 11.8. The van der Waals surface area contributed by atoms with Gasteiger partial charge in [-0.15, -0.1) is 6.58 Å². The third-order valence-electron chi connectivity index (χ3n) is 3.81. The SMILES string of the molecule is C=CCN1C(=S)N[C@H](c2ccc(Cl)c([N+](=O)[O-])c2)C(C(=O)OC)=C1C. The van der Waals surface area contributed by atoms with E-state index >= 15 is 0 Å². The van der Waals surface area contributed by atoms with E-state index in [9.17, 15) is 14.9 Å². The zero-order valence-electron chi connectivity index (χ0n) is 13.6. The summed E-state index contributed by atoms with van der Waals surface area (Å²) in [6.07, 6.45) is 1.65. The van der Waals surface area contributed by atoms with Gasteiger partial charge in [0.15, 0.2) is 5.11 Å². The van der Waals surface area contributed by atoms with Gasteiger partial charge >= 0.3 is 5.97 Å². The Bertz CT molecular complexity index is 794. The van der Waals surface area contributed by atoms with E-state index in [1.165, 1.54) is 19.2 Å². The molecule has 0 fully saturated rings. The lowest BCUT2D eigenvalue weighted by atomic mass is 9.94. The fourth-order valence-electron chi connectivity index (χ4n) is 2.60. The number of ether oxygens (including phenoxy) is 1. The maximum atomic E-state index is 12.3. The highest BCUT2D eigenvalue weighted by Gasteiger charge is 2.35. The number of halogens is 1. The molecule has 0 aliphatic carbocycles. The fourth-order valence-corrected chi connectivity index (χ4v) is 3.12. The molecule has 0 bridgehead atoms. The first kappa shape index (κ1) is 18.9. The maximum Gasteiger partial charge on any atom is 0.337 e. The topological polar surface area (TPSA) is 84.7 Å². The van der Waals surface area contributed by atoms with Crippen LogP contribution >= 0.6 is 23.8 Å². The number of hydrogen-bond acceptors (Lipinski definition) is 5. The number of nitro benzene ring substituents is 1. The Labute approximate surface area is 155 Å². The number of allylic oxidation sites excluding steroid dienone is 1.